The Hall–Kier alpha value is -1.74. The van der Waals surface area contributed by atoms with E-state index >= 15 is 0 Å². The Morgan fingerprint density at radius 1 is 1.07 bits per heavy atom. The summed E-state index contributed by atoms with van der Waals surface area (Å²) >= 11 is 0. The zero-order valence-electron chi connectivity index (χ0n) is 19.8. The summed E-state index contributed by atoms with van der Waals surface area (Å²) in [6.45, 7) is 20.2. The minimum Gasteiger partial charge on any atom is -0.312 e. The summed E-state index contributed by atoms with van der Waals surface area (Å²) < 4.78 is 0. The number of fused-ring (bicyclic) bond motifs is 1. The zero-order valence-corrected chi connectivity index (χ0v) is 19.8. The van der Waals surface area contributed by atoms with Gasteiger partial charge in [-0.3, -0.25) is 9.97 Å². The molecule has 1 aliphatic heterocycles. The molecule has 0 saturated carbocycles. The van der Waals surface area contributed by atoms with Crippen LogP contribution in [0.2, 0.25) is 0 Å². The summed E-state index contributed by atoms with van der Waals surface area (Å²) in [4.78, 5) is 9.14. The van der Waals surface area contributed by atoms with Gasteiger partial charge in [0.2, 0.25) is 0 Å². The molecule has 3 heteroatoms. The fourth-order valence-electron chi connectivity index (χ4n) is 3.88. The van der Waals surface area contributed by atoms with Gasteiger partial charge in [-0.1, -0.05) is 73.9 Å². The molecule has 1 N–H and O–H groups in total. The van der Waals surface area contributed by atoms with Gasteiger partial charge in [-0.25, -0.2) is 0 Å². The Labute approximate surface area is 178 Å². The van der Waals surface area contributed by atoms with Gasteiger partial charge in [-0.2, -0.15) is 0 Å². The molecule has 160 valence electrons. The predicted octanol–water partition coefficient (Wildman–Crippen LogP) is 6.07. The molecular weight excluding hydrogens is 354 g/mol. The van der Waals surface area contributed by atoms with E-state index in [9.17, 15) is 0 Å². The van der Waals surface area contributed by atoms with Crippen LogP contribution in [0, 0.1) is 11.8 Å². The van der Waals surface area contributed by atoms with E-state index in [2.05, 4.69) is 82.8 Å². The SMILES string of the molecule is CC(C)C1(C)CNCc2cccnc21.CCCc1cccnc1C(C)(C)C(C)C. The molecule has 0 fully saturated rings. The van der Waals surface area contributed by atoms with Crippen molar-refractivity contribution >= 4 is 0 Å². The van der Waals surface area contributed by atoms with Crippen molar-refractivity contribution in [2.45, 2.75) is 85.6 Å². The predicted molar refractivity (Wildman–Crippen MR) is 124 cm³/mol. The van der Waals surface area contributed by atoms with E-state index in [0.29, 0.717) is 11.8 Å². The van der Waals surface area contributed by atoms with Gasteiger partial charge in [0.1, 0.15) is 0 Å². The van der Waals surface area contributed by atoms with Crippen molar-refractivity contribution in [1.82, 2.24) is 15.3 Å². The number of pyridine rings is 2. The zero-order chi connectivity index (χ0) is 21.7. The highest BCUT2D eigenvalue weighted by Crippen LogP contribution is 2.34. The average Bonchev–Trinajstić information content (AvgIpc) is 2.69. The molecule has 0 bridgehead atoms. The first-order chi connectivity index (χ1) is 13.6. The van der Waals surface area contributed by atoms with Crippen LogP contribution in [0.1, 0.15) is 84.3 Å². The third-order valence-electron chi connectivity index (χ3n) is 6.98. The Morgan fingerprint density at radius 2 is 1.72 bits per heavy atom. The van der Waals surface area contributed by atoms with Gasteiger partial charge in [0.25, 0.3) is 0 Å². The number of rotatable bonds is 5. The lowest BCUT2D eigenvalue weighted by atomic mass is 9.73. The molecule has 1 aliphatic rings. The van der Waals surface area contributed by atoms with Crippen molar-refractivity contribution < 1.29 is 0 Å². The molecule has 1 atom stereocenters. The standard InChI is InChI=1S/C14H23N.C12H18N2/c1-6-8-12-9-7-10-15-13(12)14(4,5)11(2)3;1-9(2)12(3)8-13-7-10-5-4-6-14-11(10)12/h7,9-11H,6,8H2,1-5H3;4-6,9,13H,7-8H2,1-3H3. The highest BCUT2D eigenvalue weighted by Gasteiger charge is 2.35. The smallest absolute Gasteiger partial charge is 0.0522 e. The van der Waals surface area contributed by atoms with E-state index in [1.54, 1.807) is 0 Å². The second-order valence-electron chi connectivity index (χ2n) is 9.82. The molecule has 0 saturated heterocycles. The topological polar surface area (TPSA) is 37.8 Å². The number of nitrogens with one attached hydrogen (secondary N) is 1. The maximum atomic E-state index is 4.59. The van der Waals surface area contributed by atoms with Gasteiger partial charge in [-0.15, -0.1) is 0 Å². The minimum absolute atomic E-state index is 0.172. The van der Waals surface area contributed by atoms with Crippen molar-refractivity contribution in [3.05, 3.63) is 59.2 Å². The quantitative estimate of drug-likeness (QED) is 0.668. The van der Waals surface area contributed by atoms with Crippen molar-refractivity contribution in [1.29, 1.82) is 0 Å². The Bertz CT molecular complexity index is 779. The highest BCUT2D eigenvalue weighted by molar-refractivity contribution is 5.31. The van der Waals surface area contributed by atoms with Crippen molar-refractivity contribution in [2.75, 3.05) is 6.54 Å². The van der Waals surface area contributed by atoms with Crippen LogP contribution in [0.15, 0.2) is 36.7 Å². The molecule has 0 aliphatic carbocycles. The van der Waals surface area contributed by atoms with E-state index in [1.807, 2.05) is 24.5 Å². The minimum atomic E-state index is 0.172. The molecule has 3 rings (SSSR count). The maximum absolute atomic E-state index is 4.59. The van der Waals surface area contributed by atoms with Crippen molar-refractivity contribution in [3.63, 3.8) is 0 Å². The lowest BCUT2D eigenvalue weighted by Crippen LogP contribution is -2.45. The van der Waals surface area contributed by atoms with E-state index in [0.717, 1.165) is 19.5 Å². The second-order valence-corrected chi connectivity index (χ2v) is 9.82. The summed E-state index contributed by atoms with van der Waals surface area (Å²) in [6.07, 6.45) is 6.15. The molecule has 0 radical (unpaired) electrons. The Balaban J connectivity index is 0.000000207. The van der Waals surface area contributed by atoms with Crippen LogP contribution < -0.4 is 5.32 Å². The summed E-state index contributed by atoms with van der Waals surface area (Å²) in [5.74, 6) is 1.23. The molecule has 29 heavy (non-hydrogen) atoms. The lowest BCUT2D eigenvalue weighted by molar-refractivity contribution is 0.291. The monoisotopic (exact) mass is 395 g/mol. The summed E-state index contributed by atoms with van der Waals surface area (Å²) in [5, 5.41) is 3.47. The van der Waals surface area contributed by atoms with E-state index in [4.69, 9.17) is 0 Å². The molecule has 0 amide bonds. The van der Waals surface area contributed by atoms with Crippen LogP contribution >= 0.6 is 0 Å². The van der Waals surface area contributed by atoms with Crippen LogP contribution in [0.4, 0.5) is 0 Å². The van der Waals surface area contributed by atoms with Gasteiger partial charge < -0.3 is 5.32 Å². The summed E-state index contributed by atoms with van der Waals surface area (Å²) in [6, 6.07) is 8.46. The first-order valence-corrected chi connectivity index (χ1v) is 11.2. The fourth-order valence-corrected chi connectivity index (χ4v) is 3.88. The van der Waals surface area contributed by atoms with Gasteiger partial charge in [0.15, 0.2) is 0 Å². The molecular formula is C26H41N3. The number of aromatic nitrogens is 2. The largest absolute Gasteiger partial charge is 0.312 e. The average molecular weight is 396 g/mol. The van der Waals surface area contributed by atoms with E-state index in [1.165, 1.54) is 28.9 Å². The summed E-state index contributed by atoms with van der Waals surface area (Å²) in [5.41, 5.74) is 5.70. The Kier molecular flexibility index (Phi) is 7.99. The van der Waals surface area contributed by atoms with E-state index < -0.39 is 0 Å². The molecule has 0 spiro atoms. The van der Waals surface area contributed by atoms with Crippen LogP contribution in [0.5, 0.6) is 0 Å². The first kappa shape index (κ1) is 23.5. The van der Waals surface area contributed by atoms with Crippen LogP contribution in [0.25, 0.3) is 0 Å². The number of nitrogens with zero attached hydrogens (tertiary/aromatic N) is 2. The number of aryl methyl sites for hydroxylation is 1. The lowest BCUT2D eigenvalue weighted by Gasteiger charge is -2.38. The number of hydrogen-bond donors (Lipinski definition) is 1. The fraction of sp³-hybridized carbons (Fsp3) is 0.615. The number of hydrogen-bond acceptors (Lipinski definition) is 3. The van der Waals surface area contributed by atoms with Gasteiger partial charge in [-0.05, 0) is 41.5 Å². The maximum Gasteiger partial charge on any atom is 0.0522 e. The van der Waals surface area contributed by atoms with Crippen LogP contribution in [-0.4, -0.2) is 16.5 Å². The first-order valence-electron chi connectivity index (χ1n) is 11.2. The normalized spacial score (nSPS) is 19.0. The van der Waals surface area contributed by atoms with Crippen LogP contribution in [0.3, 0.4) is 0 Å². The van der Waals surface area contributed by atoms with Crippen molar-refractivity contribution in [2.24, 2.45) is 11.8 Å². The molecule has 3 heterocycles. The van der Waals surface area contributed by atoms with Gasteiger partial charge in [0.05, 0.1) is 5.69 Å². The molecule has 0 aromatic carbocycles. The highest BCUT2D eigenvalue weighted by atomic mass is 14.9. The van der Waals surface area contributed by atoms with Gasteiger partial charge in [0, 0.05) is 42.0 Å². The molecule has 3 nitrogen and oxygen atoms in total. The second kappa shape index (κ2) is 9.84. The summed E-state index contributed by atoms with van der Waals surface area (Å²) in [7, 11) is 0. The van der Waals surface area contributed by atoms with Crippen molar-refractivity contribution in [3.8, 4) is 0 Å². The van der Waals surface area contributed by atoms with Gasteiger partial charge >= 0.3 is 0 Å². The van der Waals surface area contributed by atoms with E-state index in [-0.39, 0.29) is 10.8 Å². The van der Waals surface area contributed by atoms with Crippen LogP contribution in [-0.2, 0) is 23.8 Å². The third kappa shape index (κ3) is 5.25. The molecule has 1 unspecified atom stereocenters. The third-order valence-corrected chi connectivity index (χ3v) is 6.98. The molecule has 2 aromatic rings. The Morgan fingerprint density at radius 3 is 2.34 bits per heavy atom. The molecule has 2 aromatic heterocycles.